The highest BCUT2D eigenvalue weighted by molar-refractivity contribution is 5.96. The lowest BCUT2D eigenvalue weighted by Crippen LogP contribution is -2.23. The predicted molar refractivity (Wildman–Crippen MR) is 113 cm³/mol. The average molecular weight is 446 g/mol. The van der Waals surface area contributed by atoms with Crippen LogP contribution in [-0.4, -0.2) is 30.2 Å². The highest BCUT2D eigenvalue weighted by Gasteiger charge is 2.17. The molecule has 3 aromatic rings. The molecule has 0 fully saturated rings. The molecule has 0 saturated carbocycles. The number of para-hydroxylation sites is 1. The number of nitrogens with one attached hydrogen (secondary N) is 1. The smallest absolute Gasteiger partial charge is 0.387 e. The van der Waals surface area contributed by atoms with Gasteiger partial charge in [0, 0.05) is 5.56 Å². The molecular weight excluding hydrogens is 422 g/mol. The largest absolute Gasteiger partial charge is 0.493 e. The summed E-state index contributed by atoms with van der Waals surface area (Å²) in [6, 6.07) is 11.4. The van der Waals surface area contributed by atoms with E-state index in [2.05, 4.69) is 15.0 Å². The van der Waals surface area contributed by atoms with Crippen molar-refractivity contribution in [2.45, 2.75) is 40.0 Å². The summed E-state index contributed by atoms with van der Waals surface area (Å²) in [5.41, 5.74) is 1.42. The van der Waals surface area contributed by atoms with Gasteiger partial charge in [0.2, 0.25) is 5.89 Å². The zero-order valence-corrected chi connectivity index (χ0v) is 17.9. The second kappa shape index (κ2) is 10.6. The molecule has 2 aromatic carbocycles. The fraction of sp³-hybridized carbons (Fsp3) is 0.304. The van der Waals surface area contributed by atoms with Crippen LogP contribution in [0.5, 0.6) is 17.2 Å². The highest BCUT2D eigenvalue weighted by atomic mass is 19.3. The van der Waals surface area contributed by atoms with E-state index in [9.17, 15) is 13.6 Å². The molecule has 0 aliphatic carbocycles. The number of hydrogen-bond donors (Lipinski definition) is 1. The summed E-state index contributed by atoms with van der Waals surface area (Å²) in [5.74, 6) is 0.515. The van der Waals surface area contributed by atoms with E-state index in [0.29, 0.717) is 29.2 Å². The van der Waals surface area contributed by atoms with E-state index < -0.39 is 6.61 Å². The highest BCUT2D eigenvalue weighted by Crippen LogP contribution is 2.34. The molecule has 0 unspecified atom stereocenters. The standard InChI is InChI=1S/C23H24F2N2O5/c1-4-29-18-8-6-5-7-17(18)21(28)26-12-16-13-30-22(27-16)15-9-10-19(32-23(24)25)20(11-15)31-14(2)3/h5-11,13-14,23H,4,12H2,1-3H3,(H,26,28). The molecule has 0 aliphatic heterocycles. The van der Waals surface area contributed by atoms with Gasteiger partial charge in [-0.15, -0.1) is 0 Å². The Balaban J connectivity index is 1.72. The minimum atomic E-state index is -2.97. The van der Waals surface area contributed by atoms with E-state index in [-0.39, 0.29) is 35.9 Å². The van der Waals surface area contributed by atoms with Crippen molar-refractivity contribution in [3.8, 4) is 28.7 Å². The minimum Gasteiger partial charge on any atom is -0.493 e. The predicted octanol–water partition coefficient (Wildman–Crippen LogP) is 5.06. The third-order valence-corrected chi connectivity index (χ3v) is 4.18. The van der Waals surface area contributed by atoms with Crippen molar-refractivity contribution in [3.05, 3.63) is 60.0 Å². The number of nitrogens with zero attached hydrogens (tertiary/aromatic N) is 1. The number of ether oxygens (including phenoxy) is 3. The fourth-order valence-electron chi connectivity index (χ4n) is 2.90. The molecule has 7 nitrogen and oxygen atoms in total. The Kier molecular flexibility index (Phi) is 7.64. The molecule has 0 aliphatic rings. The van der Waals surface area contributed by atoms with Gasteiger partial charge in [0.15, 0.2) is 11.5 Å². The fourth-order valence-corrected chi connectivity index (χ4v) is 2.90. The van der Waals surface area contributed by atoms with Gasteiger partial charge in [-0.1, -0.05) is 12.1 Å². The van der Waals surface area contributed by atoms with Gasteiger partial charge in [-0.05, 0) is 51.1 Å². The topological polar surface area (TPSA) is 82.8 Å². The van der Waals surface area contributed by atoms with Crippen LogP contribution in [-0.2, 0) is 6.54 Å². The lowest BCUT2D eigenvalue weighted by Gasteiger charge is -2.15. The zero-order chi connectivity index (χ0) is 23.1. The summed E-state index contributed by atoms with van der Waals surface area (Å²) >= 11 is 0. The molecule has 1 heterocycles. The van der Waals surface area contributed by atoms with Crippen LogP contribution in [0.25, 0.3) is 11.5 Å². The molecule has 1 aromatic heterocycles. The van der Waals surface area contributed by atoms with Crippen molar-refractivity contribution in [2.75, 3.05) is 6.61 Å². The maximum absolute atomic E-state index is 12.7. The molecule has 0 atom stereocenters. The Morgan fingerprint density at radius 3 is 2.59 bits per heavy atom. The lowest BCUT2D eigenvalue weighted by atomic mass is 10.2. The van der Waals surface area contributed by atoms with E-state index >= 15 is 0 Å². The number of alkyl halides is 2. The summed E-state index contributed by atoms with van der Waals surface area (Å²) in [6.45, 7) is 2.99. The number of carbonyl (C=O) groups excluding carboxylic acids is 1. The summed E-state index contributed by atoms with van der Waals surface area (Å²) in [4.78, 5) is 16.9. The van der Waals surface area contributed by atoms with Crippen molar-refractivity contribution in [3.63, 3.8) is 0 Å². The Bertz CT molecular complexity index is 1050. The maximum Gasteiger partial charge on any atom is 0.387 e. The van der Waals surface area contributed by atoms with Crippen LogP contribution in [0.1, 0.15) is 36.8 Å². The first-order valence-corrected chi connectivity index (χ1v) is 10.1. The van der Waals surface area contributed by atoms with Crippen molar-refractivity contribution in [1.29, 1.82) is 0 Å². The number of halogens is 2. The molecule has 1 amide bonds. The monoisotopic (exact) mass is 446 g/mol. The number of benzene rings is 2. The normalized spacial score (nSPS) is 11.0. The average Bonchev–Trinajstić information content (AvgIpc) is 3.22. The molecule has 0 radical (unpaired) electrons. The Labute approximate surface area is 184 Å². The number of carbonyl (C=O) groups is 1. The Morgan fingerprint density at radius 1 is 1.09 bits per heavy atom. The van der Waals surface area contributed by atoms with Crippen molar-refractivity contribution < 1.29 is 32.2 Å². The van der Waals surface area contributed by atoms with Crippen LogP contribution in [0.4, 0.5) is 8.78 Å². The molecule has 9 heteroatoms. The molecule has 0 bridgehead atoms. The van der Waals surface area contributed by atoms with Crippen LogP contribution < -0.4 is 19.5 Å². The molecule has 32 heavy (non-hydrogen) atoms. The molecule has 170 valence electrons. The zero-order valence-electron chi connectivity index (χ0n) is 17.9. The van der Waals surface area contributed by atoms with Crippen molar-refractivity contribution >= 4 is 5.91 Å². The van der Waals surface area contributed by atoms with Crippen LogP contribution >= 0.6 is 0 Å². The summed E-state index contributed by atoms with van der Waals surface area (Å²) in [6.07, 6.45) is 1.16. The molecule has 0 saturated heterocycles. The van der Waals surface area contributed by atoms with E-state index in [1.165, 1.54) is 24.5 Å². The van der Waals surface area contributed by atoms with Gasteiger partial charge in [-0.25, -0.2) is 4.98 Å². The first-order valence-electron chi connectivity index (χ1n) is 10.1. The summed E-state index contributed by atoms with van der Waals surface area (Å²) in [5, 5.41) is 2.78. The van der Waals surface area contributed by atoms with Gasteiger partial charge in [-0.2, -0.15) is 8.78 Å². The van der Waals surface area contributed by atoms with Crippen LogP contribution in [0, 0.1) is 0 Å². The number of oxazole rings is 1. The van der Waals surface area contributed by atoms with Gasteiger partial charge in [0.05, 0.1) is 30.5 Å². The van der Waals surface area contributed by atoms with E-state index in [1.54, 1.807) is 38.1 Å². The molecular formula is C23H24F2N2O5. The second-order valence-electron chi connectivity index (χ2n) is 6.96. The van der Waals surface area contributed by atoms with Crippen LogP contribution in [0.3, 0.4) is 0 Å². The van der Waals surface area contributed by atoms with Crippen LogP contribution in [0.15, 0.2) is 53.1 Å². The third-order valence-electron chi connectivity index (χ3n) is 4.18. The van der Waals surface area contributed by atoms with Gasteiger partial charge < -0.3 is 23.9 Å². The quantitative estimate of drug-likeness (QED) is 0.469. The van der Waals surface area contributed by atoms with Crippen molar-refractivity contribution in [2.24, 2.45) is 0 Å². The third kappa shape index (κ3) is 5.96. The van der Waals surface area contributed by atoms with Gasteiger partial charge in [-0.3, -0.25) is 4.79 Å². The Hall–Kier alpha value is -3.62. The molecule has 3 rings (SSSR count). The first-order chi connectivity index (χ1) is 15.4. The molecule has 1 N–H and O–H groups in total. The lowest BCUT2D eigenvalue weighted by molar-refractivity contribution is -0.0518. The van der Waals surface area contributed by atoms with Gasteiger partial charge in [0.25, 0.3) is 5.91 Å². The van der Waals surface area contributed by atoms with Gasteiger partial charge in [0.1, 0.15) is 12.0 Å². The number of aromatic nitrogens is 1. The summed E-state index contributed by atoms with van der Waals surface area (Å²) < 4.78 is 46.4. The van der Waals surface area contributed by atoms with Gasteiger partial charge >= 0.3 is 6.61 Å². The van der Waals surface area contributed by atoms with E-state index in [4.69, 9.17) is 13.9 Å². The maximum atomic E-state index is 12.7. The Morgan fingerprint density at radius 2 is 1.88 bits per heavy atom. The minimum absolute atomic E-state index is 0.0792. The molecule has 0 spiro atoms. The number of hydrogen-bond acceptors (Lipinski definition) is 6. The van der Waals surface area contributed by atoms with E-state index in [0.717, 1.165) is 0 Å². The SMILES string of the molecule is CCOc1ccccc1C(=O)NCc1coc(-c2ccc(OC(F)F)c(OC(C)C)c2)n1. The second-order valence-corrected chi connectivity index (χ2v) is 6.96. The van der Waals surface area contributed by atoms with Crippen LogP contribution in [0.2, 0.25) is 0 Å². The summed E-state index contributed by atoms with van der Waals surface area (Å²) in [7, 11) is 0. The van der Waals surface area contributed by atoms with E-state index in [1.807, 2.05) is 6.92 Å². The number of rotatable bonds is 10. The number of amides is 1. The van der Waals surface area contributed by atoms with Crippen molar-refractivity contribution in [1.82, 2.24) is 10.3 Å². The first kappa shape index (κ1) is 23.1.